The maximum atomic E-state index is 4.56. The first-order chi connectivity index (χ1) is 10.3. The van der Waals surface area contributed by atoms with Gasteiger partial charge in [-0.15, -0.1) is 0 Å². The lowest BCUT2D eigenvalue weighted by Crippen LogP contribution is -1.96. The summed E-state index contributed by atoms with van der Waals surface area (Å²) < 4.78 is 2.71. The highest BCUT2D eigenvalue weighted by molar-refractivity contribution is 9.10. The third-order valence-corrected chi connectivity index (χ3v) is 4.59. The summed E-state index contributed by atoms with van der Waals surface area (Å²) in [6, 6.07) is 16.1. The molecule has 5 nitrogen and oxygen atoms in total. The van der Waals surface area contributed by atoms with Gasteiger partial charge in [0.2, 0.25) is 0 Å². The highest BCUT2D eigenvalue weighted by atomic mass is 79.9. The Hall–Kier alpha value is -1.99. The van der Waals surface area contributed by atoms with Gasteiger partial charge in [0, 0.05) is 14.8 Å². The molecule has 0 radical (unpaired) electrons. The van der Waals surface area contributed by atoms with E-state index in [1.54, 1.807) is 16.3 Å². The van der Waals surface area contributed by atoms with E-state index in [-0.39, 0.29) is 0 Å². The lowest BCUT2D eigenvalue weighted by molar-refractivity contribution is 0.839. The molecule has 21 heavy (non-hydrogen) atoms. The van der Waals surface area contributed by atoms with Crippen LogP contribution in [0.15, 0.2) is 62.9 Å². The monoisotopic (exact) mass is 357 g/mol. The molecule has 0 spiro atoms. The molecule has 0 atom stereocenters. The van der Waals surface area contributed by atoms with E-state index in [2.05, 4.69) is 48.6 Å². The van der Waals surface area contributed by atoms with Gasteiger partial charge in [-0.1, -0.05) is 51.0 Å². The van der Waals surface area contributed by atoms with Crippen molar-refractivity contribution < 1.29 is 0 Å². The van der Waals surface area contributed by atoms with Crippen molar-refractivity contribution in [3.8, 4) is 0 Å². The molecule has 0 aliphatic rings. The Morgan fingerprint density at radius 1 is 1.00 bits per heavy atom. The van der Waals surface area contributed by atoms with Gasteiger partial charge in [0.1, 0.15) is 5.03 Å². The molecule has 0 aliphatic heterocycles. The van der Waals surface area contributed by atoms with Gasteiger partial charge in [0.15, 0.2) is 0 Å². The maximum absolute atomic E-state index is 4.56. The molecule has 0 fully saturated rings. The smallest absolute Gasteiger partial charge is 0.202 e. The van der Waals surface area contributed by atoms with Crippen LogP contribution in [0.2, 0.25) is 0 Å². The van der Waals surface area contributed by atoms with Gasteiger partial charge in [-0.3, -0.25) is 0 Å². The molecule has 0 aliphatic carbocycles. The summed E-state index contributed by atoms with van der Waals surface area (Å²) in [7, 11) is 0. The minimum atomic E-state index is 0.508. The van der Waals surface area contributed by atoms with Crippen LogP contribution in [0.4, 0.5) is 0 Å². The van der Waals surface area contributed by atoms with Gasteiger partial charge in [-0.05, 0) is 40.8 Å². The van der Waals surface area contributed by atoms with Gasteiger partial charge >= 0.3 is 0 Å². The van der Waals surface area contributed by atoms with Crippen LogP contribution in [0.5, 0.6) is 0 Å². The van der Waals surface area contributed by atoms with E-state index in [0.29, 0.717) is 5.78 Å². The fraction of sp³-hybridized carbons (Fsp3) is 0. The van der Waals surface area contributed by atoms with Gasteiger partial charge in [-0.25, -0.2) is 4.98 Å². The van der Waals surface area contributed by atoms with Crippen LogP contribution in [-0.2, 0) is 0 Å². The average molecular weight is 358 g/mol. The van der Waals surface area contributed by atoms with E-state index < -0.39 is 0 Å². The van der Waals surface area contributed by atoms with Crippen molar-refractivity contribution >= 4 is 44.4 Å². The van der Waals surface area contributed by atoms with Crippen molar-refractivity contribution in [2.24, 2.45) is 0 Å². The highest BCUT2D eigenvalue weighted by Gasteiger charge is 2.11. The molecular formula is C14H8BrN5S. The largest absolute Gasteiger partial charge is 0.275 e. The molecule has 7 heteroatoms. The van der Waals surface area contributed by atoms with Gasteiger partial charge in [0.05, 0.1) is 5.52 Å². The second-order valence-electron chi connectivity index (χ2n) is 4.38. The number of nitrogens with zero attached hydrogens (tertiary/aromatic N) is 5. The minimum absolute atomic E-state index is 0.508. The Balaban J connectivity index is 1.91. The molecule has 2 aromatic heterocycles. The predicted molar refractivity (Wildman–Crippen MR) is 84.3 cm³/mol. The second kappa shape index (κ2) is 5.09. The number of para-hydroxylation sites is 1. The summed E-state index contributed by atoms with van der Waals surface area (Å²) in [6.45, 7) is 0. The van der Waals surface area contributed by atoms with Crippen molar-refractivity contribution in [3.05, 3.63) is 53.0 Å². The molecule has 2 aromatic carbocycles. The standard InChI is InChI=1S/C14H8BrN5S/c15-9-5-7-10(8-6-9)21-13-11-3-1-2-4-12(11)20-14(16-13)17-18-19-20/h1-8H. The first-order valence-electron chi connectivity index (χ1n) is 6.21. The molecule has 4 aromatic rings. The zero-order valence-electron chi connectivity index (χ0n) is 10.6. The second-order valence-corrected chi connectivity index (χ2v) is 6.36. The molecule has 102 valence electrons. The van der Waals surface area contributed by atoms with Gasteiger partial charge < -0.3 is 0 Å². The molecule has 2 heterocycles. The SMILES string of the molecule is Brc1ccc(Sc2nc3nnnn3c3ccccc23)cc1. The van der Waals surface area contributed by atoms with Crippen LogP contribution in [0.3, 0.4) is 0 Å². The van der Waals surface area contributed by atoms with Crippen molar-refractivity contribution in [1.29, 1.82) is 0 Å². The number of tetrazole rings is 1. The zero-order chi connectivity index (χ0) is 14.2. The Labute approximate surface area is 132 Å². The fourth-order valence-electron chi connectivity index (χ4n) is 2.09. The summed E-state index contributed by atoms with van der Waals surface area (Å²) in [5.74, 6) is 0.508. The van der Waals surface area contributed by atoms with E-state index in [1.807, 2.05) is 36.4 Å². The lowest BCUT2D eigenvalue weighted by atomic mass is 10.2. The molecule has 0 bridgehead atoms. The lowest BCUT2D eigenvalue weighted by Gasteiger charge is -2.06. The topological polar surface area (TPSA) is 56.0 Å². The fourth-order valence-corrected chi connectivity index (χ4v) is 3.26. The average Bonchev–Trinajstić information content (AvgIpc) is 2.98. The normalized spacial score (nSPS) is 11.3. The predicted octanol–water partition coefficient (Wildman–Crippen LogP) is 3.59. The minimum Gasteiger partial charge on any atom is -0.202 e. The highest BCUT2D eigenvalue weighted by Crippen LogP contribution is 2.32. The molecule has 0 N–H and O–H groups in total. The van der Waals surface area contributed by atoms with Crippen molar-refractivity contribution in [1.82, 2.24) is 25.0 Å². The number of benzene rings is 2. The summed E-state index contributed by atoms with van der Waals surface area (Å²) in [5.41, 5.74) is 0.951. The summed E-state index contributed by atoms with van der Waals surface area (Å²) in [4.78, 5) is 5.68. The van der Waals surface area contributed by atoms with E-state index in [0.717, 1.165) is 25.3 Å². The molecule has 0 unspecified atom stereocenters. The molecule has 0 amide bonds. The number of rotatable bonds is 2. The third kappa shape index (κ3) is 2.28. The van der Waals surface area contributed by atoms with Crippen LogP contribution >= 0.6 is 27.7 Å². The Kier molecular flexibility index (Phi) is 3.08. The van der Waals surface area contributed by atoms with Crippen molar-refractivity contribution in [2.45, 2.75) is 9.92 Å². The van der Waals surface area contributed by atoms with Gasteiger partial charge in [-0.2, -0.15) is 4.52 Å². The maximum Gasteiger partial charge on any atom is 0.275 e. The first-order valence-corrected chi connectivity index (χ1v) is 7.82. The molecular weight excluding hydrogens is 350 g/mol. The van der Waals surface area contributed by atoms with E-state index in [4.69, 9.17) is 0 Å². The number of fused-ring (bicyclic) bond motifs is 3. The Bertz CT molecular complexity index is 935. The van der Waals surface area contributed by atoms with Crippen molar-refractivity contribution in [2.75, 3.05) is 0 Å². The van der Waals surface area contributed by atoms with Crippen LogP contribution in [0.25, 0.3) is 16.7 Å². The van der Waals surface area contributed by atoms with Crippen LogP contribution in [0.1, 0.15) is 0 Å². The Morgan fingerprint density at radius 2 is 1.81 bits per heavy atom. The number of aromatic nitrogens is 5. The van der Waals surface area contributed by atoms with Crippen LogP contribution < -0.4 is 0 Å². The van der Waals surface area contributed by atoms with Crippen LogP contribution in [-0.4, -0.2) is 25.0 Å². The zero-order valence-corrected chi connectivity index (χ0v) is 13.0. The number of halogens is 1. The molecule has 0 saturated heterocycles. The quantitative estimate of drug-likeness (QED) is 0.513. The third-order valence-electron chi connectivity index (χ3n) is 3.05. The van der Waals surface area contributed by atoms with Gasteiger partial charge in [0.25, 0.3) is 5.78 Å². The molecule has 4 rings (SSSR count). The van der Waals surface area contributed by atoms with E-state index >= 15 is 0 Å². The summed E-state index contributed by atoms with van der Waals surface area (Å²) >= 11 is 5.05. The Morgan fingerprint density at radius 3 is 2.67 bits per heavy atom. The summed E-state index contributed by atoms with van der Waals surface area (Å²) in [5, 5.41) is 13.6. The number of hydrogen-bond acceptors (Lipinski definition) is 5. The van der Waals surface area contributed by atoms with Crippen molar-refractivity contribution in [3.63, 3.8) is 0 Å². The van der Waals surface area contributed by atoms with E-state index in [1.165, 1.54) is 0 Å². The van der Waals surface area contributed by atoms with E-state index in [9.17, 15) is 0 Å². The van der Waals surface area contributed by atoms with Crippen LogP contribution in [0, 0.1) is 0 Å². The first kappa shape index (κ1) is 12.7. The molecule has 0 saturated carbocycles. The number of hydrogen-bond donors (Lipinski definition) is 0. The summed E-state index contributed by atoms with van der Waals surface area (Å²) in [6.07, 6.45) is 0.